The van der Waals surface area contributed by atoms with E-state index in [0.29, 0.717) is 0 Å². The summed E-state index contributed by atoms with van der Waals surface area (Å²) in [6, 6.07) is 8.48. The minimum atomic E-state index is -0.710. The highest BCUT2D eigenvalue weighted by Crippen LogP contribution is 2.34. The maximum atomic E-state index is 11.0. The molecule has 2 aromatic rings. The van der Waals surface area contributed by atoms with Gasteiger partial charge in [0.15, 0.2) is 0 Å². The van der Waals surface area contributed by atoms with Crippen molar-refractivity contribution in [1.29, 1.82) is 0 Å². The van der Waals surface area contributed by atoms with Gasteiger partial charge >= 0.3 is 5.97 Å². The first kappa shape index (κ1) is 13.5. The summed E-state index contributed by atoms with van der Waals surface area (Å²) >= 11 is 1.71. The number of fused-ring (bicyclic) bond motifs is 1. The molecule has 2 unspecified atom stereocenters. The van der Waals surface area contributed by atoms with E-state index in [1.807, 2.05) is 18.2 Å². The fourth-order valence-corrected chi connectivity index (χ4v) is 4.04. The van der Waals surface area contributed by atoms with Crippen LogP contribution in [0.2, 0.25) is 0 Å². The molecule has 3 rings (SSSR count). The number of hydrogen-bond donors (Lipinski definition) is 1. The third-order valence-corrected chi connectivity index (χ3v) is 5.20. The number of rotatable bonds is 4. The van der Waals surface area contributed by atoms with E-state index in [0.717, 1.165) is 29.9 Å². The van der Waals surface area contributed by atoms with Crippen LogP contribution in [0.3, 0.4) is 0 Å². The van der Waals surface area contributed by atoms with Crippen molar-refractivity contribution in [1.82, 2.24) is 9.88 Å². The molecular weight excluding hydrogens is 272 g/mol. The zero-order chi connectivity index (χ0) is 14.1. The average Bonchev–Trinajstić information content (AvgIpc) is 3.03. The molecule has 20 heavy (non-hydrogen) atoms. The van der Waals surface area contributed by atoms with Gasteiger partial charge in [0.2, 0.25) is 0 Å². The summed E-state index contributed by atoms with van der Waals surface area (Å²) in [5.41, 5.74) is 1.04. The van der Waals surface area contributed by atoms with Gasteiger partial charge in [-0.3, -0.25) is 9.69 Å². The molecule has 0 aliphatic carbocycles. The quantitative estimate of drug-likeness (QED) is 0.938. The van der Waals surface area contributed by atoms with Crippen molar-refractivity contribution < 1.29 is 9.90 Å². The topological polar surface area (TPSA) is 53.4 Å². The Morgan fingerprint density at radius 3 is 3.10 bits per heavy atom. The summed E-state index contributed by atoms with van der Waals surface area (Å²) in [6.45, 7) is 3.10. The molecule has 106 valence electrons. The predicted molar refractivity (Wildman–Crippen MR) is 80.0 cm³/mol. The fourth-order valence-electron chi connectivity index (χ4n) is 3.00. The molecule has 2 heterocycles. The van der Waals surface area contributed by atoms with E-state index in [9.17, 15) is 4.79 Å². The molecule has 0 saturated carbocycles. The minimum absolute atomic E-state index is 0.148. The molecule has 1 aromatic carbocycles. The van der Waals surface area contributed by atoms with Crippen LogP contribution < -0.4 is 0 Å². The first-order valence-corrected chi connectivity index (χ1v) is 7.80. The average molecular weight is 290 g/mol. The molecule has 0 spiro atoms. The second-order valence-electron chi connectivity index (χ2n) is 5.33. The number of carboxylic acid groups (broad SMARTS) is 1. The minimum Gasteiger partial charge on any atom is -0.481 e. The molecule has 1 aromatic heterocycles. The molecule has 1 aliphatic rings. The number of thiazole rings is 1. The van der Waals surface area contributed by atoms with Crippen molar-refractivity contribution in [3.63, 3.8) is 0 Å². The largest absolute Gasteiger partial charge is 0.481 e. The lowest BCUT2D eigenvalue weighted by atomic mass is 10.1. The normalized spacial score (nSPS) is 21.4. The van der Waals surface area contributed by atoms with Crippen LogP contribution in [-0.4, -0.2) is 33.5 Å². The van der Waals surface area contributed by atoms with Gasteiger partial charge in [-0.15, -0.1) is 11.3 Å². The molecule has 2 atom stereocenters. The molecule has 0 bridgehead atoms. The molecule has 1 aliphatic heterocycles. The van der Waals surface area contributed by atoms with Gasteiger partial charge in [0, 0.05) is 6.04 Å². The number of carboxylic acids is 1. The van der Waals surface area contributed by atoms with Crippen LogP contribution in [0, 0.1) is 0 Å². The van der Waals surface area contributed by atoms with Gasteiger partial charge in [-0.25, -0.2) is 4.98 Å². The Kier molecular flexibility index (Phi) is 3.72. The van der Waals surface area contributed by atoms with Gasteiger partial charge in [0.1, 0.15) is 5.01 Å². The predicted octanol–water partition coefficient (Wildman–Crippen LogP) is 3.30. The van der Waals surface area contributed by atoms with Crippen LogP contribution in [0.5, 0.6) is 0 Å². The van der Waals surface area contributed by atoms with Crippen LogP contribution in [0.25, 0.3) is 10.2 Å². The summed E-state index contributed by atoms with van der Waals surface area (Å²) < 4.78 is 1.20. The maximum absolute atomic E-state index is 11.0. The highest BCUT2D eigenvalue weighted by molar-refractivity contribution is 7.18. The molecule has 1 fully saturated rings. The Morgan fingerprint density at radius 2 is 2.35 bits per heavy atom. The first-order valence-electron chi connectivity index (χ1n) is 6.98. The van der Waals surface area contributed by atoms with E-state index < -0.39 is 5.97 Å². The summed E-state index contributed by atoms with van der Waals surface area (Å²) in [4.78, 5) is 18.0. The van der Waals surface area contributed by atoms with Gasteiger partial charge in [0.05, 0.1) is 22.7 Å². The monoisotopic (exact) mass is 290 g/mol. The van der Waals surface area contributed by atoms with Crippen molar-refractivity contribution in [2.24, 2.45) is 0 Å². The number of aromatic nitrogens is 1. The molecule has 1 saturated heterocycles. The van der Waals surface area contributed by atoms with E-state index in [1.54, 1.807) is 11.3 Å². The third-order valence-electron chi connectivity index (χ3n) is 4.00. The van der Waals surface area contributed by atoms with Gasteiger partial charge in [-0.2, -0.15) is 0 Å². The number of para-hydroxylation sites is 1. The summed E-state index contributed by atoms with van der Waals surface area (Å²) in [5.74, 6) is -0.710. The summed E-state index contributed by atoms with van der Waals surface area (Å²) in [6.07, 6.45) is 2.28. The zero-order valence-corrected chi connectivity index (χ0v) is 12.3. The Bertz CT molecular complexity index is 592. The summed E-state index contributed by atoms with van der Waals surface area (Å²) in [5, 5.41) is 10.1. The number of likely N-dealkylation sites (tertiary alicyclic amines) is 1. The van der Waals surface area contributed by atoms with E-state index in [2.05, 4.69) is 17.9 Å². The molecule has 0 radical (unpaired) electrons. The molecule has 5 heteroatoms. The van der Waals surface area contributed by atoms with Gasteiger partial charge in [-0.1, -0.05) is 12.1 Å². The Labute approximate surface area is 122 Å². The maximum Gasteiger partial charge on any atom is 0.304 e. The van der Waals surface area contributed by atoms with Crippen molar-refractivity contribution in [2.45, 2.75) is 38.3 Å². The number of carbonyl (C=O) groups is 1. The van der Waals surface area contributed by atoms with Crippen LogP contribution in [0.1, 0.15) is 37.2 Å². The van der Waals surface area contributed by atoms with Crippen LogP contribution in [0.4, 0.5) is 0 Å². The molecule has 1 N–H and O–H groups in total. The molecular formula is C15H18N2O2S. The van der Waals surface area contributed by atoms with Crippen LogP contribution in [-0.2, 0) is 4.79 Å². The SMILES string of the molecule is CC(c1nc2ccccc2s1)N1CCCC1CC(=O)O. The lowest BCUT2D eigenvalue weighted by Gasteiger charge is -2.28. The van der Waals surface area contributed by atoms with Crippen molar-refractivity contribution in [3.8, 4) is 0 Å². The highest BCUT2D eigenvalue weighted by Gasteiger charge is 2.31. The molecule has 4 nitrogen and oxygen atoms in total. The smallest absolute Gasteiger partial charge is 0.304 e. The van der Waals surface area contributed by atoms with Crippen molar-refractivity contribution >= 4 is 27.5 Å². The number of aliphatic carboxylic acids is 1. The third kappa shape index (κ3) is 2.55. The molecule has 0 amide bonds. The summed E-state index contributed by atoms with van der Waals surface area (Å²) in [7, 11) is 0. The van der Waals surface area contributed by atoms with Crippen LogP contribution in [0.15, 0.2) is 24.3 Å². The lowest BCUT2D eigenvalue weighted by Crippen LogP contribution is -2.33. The Morgan fingerprint density at radius 1 is 1.55 bits per heavy atom. The van der Waals surface area contributed by atoms with E-state index in [1.165, 1.54) is 4.70 Å². The second-order valence-corrected chi connectivity index (χ2v) is 6.39. The van der Waals surface area contributed by atoms with Crippen LogP contribution >= 0.6 is 11.3 Å². The van der Waals surface area contributed by atoms with Gasteiger partial charge < -0.3 is 5.11 Å². The Hall–Kier alpha value is -1.46. The van der Waals surface area contributed by atoms with E-state index in [-0.39, 0.29) is 18.5 Å². The Balaban J connectivity index is 1.83. The number of benzene rings is 1. The standard InChI is InChI=1S/C15H18N2O2S/c1-10(17-8-4-5-11(17)9-14(18)19)15-16-12-6-2-3-7-13(12)20-15/h2-3,6-7,10-11H,4-5,8-9H2,1H3,(H,18,19). The lowest BCUT2D eigenvalue weighted by molar-refractivity contribution is -0.138. The first-order chi connectivity index (χ1) is 9.65. The van der Waals surface area contributed by atoms with Gasteiger partial charge in [0.25, 0.3) is 0 Å². The number of nitrogens with zero attached hydrogens (tertiary/aromatic N) is 2. The second kappa shape index (κ2) is 5.50. The van der Waals surface area contributed by atoms with E-state index in [4.69, 9.17) is 10.1 Å². The highest BCUT2D eigenvalue weighted by atomic mass is 32.1. The number of hydrogen-bond acceptors (Lipinski definition) is 4. The zero-order valence-electron chi connectivity index (χ0n) is 11.5. The van der Waals surface area contributed by atoms with E-state index >= 15 is 0 Å². The van der Waals surface area contributed by atoms with Crippen molar-refractivity contribution in [2.75, 3.05) is 6.54 Å². The fraction of sp³-hybridized carbons (Fsp3) is 0.467. The van der Waals surface area contributed by atoms with Crippen molar-refractivity contribution in [3.05, 3.63) is 29.3 Å². The van der Waals surface area contributed by atoms with Gasteiger partial charge in [-0.05, 0) is 38.4 Å².